The van der Waals surface area contributed by atoms with Gasteiger partial charge in [0.1, 0.15) is 6.10 Å². The Morgan fingerprint density at radius 2 is 1.79 bits per heavy atom. The molecule has 4 heteroatoms. The van der Waals surface area contributed by atoms with Crippen LogP contribution in [0, 0.1) is 5.41 Å². The third-order valence-electron chi connectivity index (χ3n) is 2.00. The van der Waals surface area contributed by atoms with Crippen LogP contribution in [0.2, 0.25) is 0 Å². The number of hydrogen-bond acceptors (Lipinski definition) is 4. The Balaban J connectivity index is 4.08. The van der Waals surface area contributed by atoms with Gasteiger partial charge in [0.2, 0.25) is 0 Å². The van der Waals surface area contributed by atoms with Gasteiger partial charge in [-0.1, -0.05) is 20.8 Å². The van der Waals surface area contributed by atoms with Gasteiger partial charge in [-0.3, -0.25) is 4.79 Å². The lowest BCUT2D eigenvalue weighted by Gasteiger charge is -2.22. The monoisotopic (exact) mass is 204 g/mol. The van der Waals surface area contributed by atoms with Crippen molar-refractivity contribution in [2.24, 2.45) is 5.41 Å². The van der Waals surface area contributed by atoms with Crippen molar-refractivity contribution < 1.29 is 20.1 Å². The number of rotatable bonds is 5. The van der Waals surface area contributed by atoms with E-state index in [1.807, 2.05) is 0 Å². The molecule has 0 rings (SSSR count). The number of Topliss-reactive ketones (excluding diaryl/α,β-unsaturated/α-hetero) is 1. The Morgan fingerprint density at radius 3 is 2.14 bits per heavy atom. The van der Waals surface area contributed by atoms with Crippen LogP contribution in [0.5, 0.6) is 0 Å². The van der Waals surface area contributed by atoms with Crippen molar-refractivity contribution in [1.82, 2.24) is 0 Å². The topological polar surface area (TPSA) is 77.8 Å². The normalized spacial score (nSPS) is 16.4. The molecule has 0 spiro atoms. The minimum Gasteiger partial charge on any atom is -0.396 e. The van der Waals surface area contributed by atoms with Gasteiger partial charge in [0.25, 0.3) is 0 Å². The van der Waals surface area contributed by atoms with E-state index in [1.165, 1.54) is 0 Å². The second kappa shape index (κ2) is 5.44. The zero-order chi connectivity index (χ0) is 11.4. The highest BCUT2D eigenvalue weighted by molar-refractivity contribution is 5.87. The van der Waals surface area contributed by atoms with E-state index in [2.05, 4.69) is 0 Å². The summed E-state index contributed by atoms with van der Waals surface area (Å²) in [4.78, 5) is 11.5. The molecule has 84 valence electrons. The first-order valence-corrected chi connectivity index (χ1v) is 4.80. The molecular formula is C10H20O4. The number of aliphatic hydroxyl groups excluding tert-OH is 3. The first kappa shape index (κ1) is 13.5. The summed E-state index contributed by atoms with van der Waals surface area (Å²) < 4.78 is 0. The maximum atomic E-state index is 11.5. The fraction of sp³-hybridized carbons (Fsp3) is 0.900. The highest BCUT2D eigenvalue weighted by Crippen LogP contribution is 2.19. The number of carbonyl (C=O) groups excluding carboxylic acids is 1. The van der Waals surface area contributed by atoms with Crippen molar-refractivity contribution in [2.75, 3.05) is 6.61 Å². The molecule has 0 aromatic carbocycles. The van der Waals surface area contributed by atoms with Gasteiger partial charge in [0, 0.05) is 18.4 Å². The van der Waals surface area contributed by atoms with E-state index in [0.29, 0.717) is 0 Å². The van der Waals surface area contributed by atoms with Gasteiger partial charge in [-0.25, -0.2) is 0 Å². The van der Waals surface area contributed by atoms with Crippen LogP contribution in [0.4, 0.5) is 0 Å². The standard InChI is InChI=1S/C10H20O4/c1-10(2,3)9(14)8(13)6-7(12)4-5-11/h7-8,11-13H,4-6H2,1-3H3. The van der Waals surface area contributed by atoms with Crippen LogP contribution in [0.25, 0.3) is 0 Å². The fourth-order valence-corrected chi connectivity index (χ4v) is 1.13. The highest BCUT2D eigenvalue weighted by Gasteiger charge is 2.29. The molecule has 0 aliphatic rings. The van der Waals surface area contributed by atoms with Crippen molar-refractivity contribution in [3.05, 3.63) is 0 Å². The fourth-order valence-electron chi connectivity index (χ4n) is 1.13. The van der Waals surface area contributed by atoms with Gasteiger partial charge >= 0.3 is 0 Å². The molecule has 0 saturated heterocycles. The van der Waals surface area contributed by atoms with E-state index < -0.39 is 17.6 Å². The SMILES string of the molecule is CC(C)(C)C(=O)C(O)CC(O)CCO. The molecule has 0 amide bonds. The average molecular weight is 204 g/mol. The molecule has 2 unspecified atom stereocenters. The molecule has 0 aromatic rings. The predicted molar refractivity (Wildman–Crippen MR) is 52.8 cm³/mol. The van der Waals surface area contributed by atoms with Gasteiger partial charge in [-0.2, -0.15) is 0 Å². The summed E-state index contributed by atoms with van der Waals surface area (Å²) >= 11 is 0. The van der Waals surface area contributed by atoms with Crippen LogP contribution in [-0.2, 0) is 4.79 Å². The van der Waals surface area contributed by atoms with E-state index in [1.54, 1.807) is 20.8 Å². The Morgan fingerprint density at radius 1 is 1.29 bits per heavy atom. The average Bonchev–Trinajstić information content (AvgIpc) is 2.01. The van der Waals surface area contributed by atoms with Crippen LogP contribution in [0.1, 0.15) is 33.6 Å². The summed E-state index contributed by atoms with van der Waals surface area (Å²) in [5.41, 5.74) is -0.599. The zero-order valence-electron chi connectivity index (χ0n) is 9.03. The van der Waals surface area contributed by atoms with Crippen LogP contribution >= 0.6 is 0 Å². The summed E-state index contributed by atoms with van der Waals surface area (Å²) in [6.07, 6.45) is -1.77. The van der Waals surface area contributed by atoms with E-state index in [9.17, 15) is 15.0 Å². The lowest BCUT2D eigenvalue weighted by Crippen LogP contribution is -2.35. The van der Waals surface area contributed by atoms with Gasteiger partial charge < -0.3 is 15.3 Å². The van der Waals surface area contributed by atoms with Gasteiger partial charge in [0.05, 0.1) is 6.10 Å². The largest absolute Gasteiger partial charge is 0.396 e. The summed E-state index contributed by atoms with van der Waals surface area (Å²) in [5.74, 6) is -0.283. The molecule has 0 heterocycles. The van der Waals surface area contributed by atoms with Crippen LogP contribution in [-0.4, -0.2) is 39.9 Å². The van der Waals surface area contributed by atoms with Crippen LogP contribution < -0.4 is 0 Å². The third-order valence-corrected chi connectivity index (χ3v) is 2.00. The summed E-state index contributed by atoms with van der Waals surface area (Å²) in [7, 11) is 0. The molecule has 0 saturated carbocycles. The number of hydrogen-bond donors (Lipinski definition) is 3. The van der Waals surface area contributed by atoms with Crippen molar-refractivity contribution in [3.8, 4) is 0 Å². The quantitative estimate of drug-likeness (QED) is 0.593. The van der Waals surface area contributed by atoms with Gasteiger partial charge in [-0.05, 0) is 6.42 Å². The van der Waals surface area contributed by atoms with E-state index in [0.717, 1.165) is 0 Å². The molecular weight excluding hydrogens is 184 g/mol. The molecule has 0 aromatic heterocycles. The summed E-state index contributed by atoms with van der Waals surface area (Å²) in [6.45, 7) is 5.02. The third kappa shape index (κ3) is 4.69. The molecule has 4 nitrogen and oxygen atoms in total. The first-order valence-electron chi connectivity index (χ1n) is 4.80. The molecule has 0 fully saturated rings. The number of aliphatic hydroxyl groups is 3. The van der Waals surface area contributed by atoms with Gasteiger partial charge in [0.15, 0.2) is 5.78 Å². The molecule has 0 aliphatic heterocycles. The van der Waals surface area contributed by atoms with Crippen molar-refractivity contribution in [2.45, 2.75) is 45.8 Å². The Hall–Kier alpha value is -0.450. The molecule has 14 heavy (non-hydrogen) atoms. The summed E-state index contributed by atoms with van der Waals surface area (Å²) in [6, 6.07) is 0. The van der Waals surface area contributed by atoms with Crippen LogP contribution in [0.3, 0.4) is 0 Å². The minimum atomic E-state index is -1.14. The maximum absolute atomic E-state index is 11.5. The lowest BCUT2D eigenvalue weighted by molar-refractivity contribution is -0.136. The first-order chi connectivity index (χ1) is 6.29. The molecule has 0 radical (unpaired) electrons. The maximum Gasteiger partial charge on any atom is 0.166 e. The van der Waals surface area contributed by atoms with Crippen molar-refractivity contribution in [1.29, 1.82) is 0 Å². The molecule has 3 N–H and O–H groups in total. The predicted octanol–water partition coefficient (Wildman–Crippen LogP) is 0.0959. The van der Waals surface area contributed by atoms with E-state index in [4.69, 9.17) is 5.11 Å². The lowest BCUT2D eigenvalue weighted by atomic mass is 9.86. The highest BCUT2D eigenvalue weighted by atomic mass is 16.3. The Kier molecular flexibility index (Phi) is 5.26. The zero-order valence-corrected chi connectivity index (χ0v) is 9.03. The van der Waals surface area contributed by atoms with E-state index >= 15 is 0 Å². The smallest absolute Gasteiger partial charge is 0.166 e. The second-order valence-corrected chi connectivity index (χ2v) is 4.53. The summed E-state index contributed by atoms with van der Waals surface area (Å²) in [5, 5.41) is 27.2. The second-order valence-electron chi connectivity index (χ2n) is 4.53. The molecule has 0 bridgehead atoms. The Bertz CT molecular complexity index is 183. The van der Waals surface area contributed by atoms with Gasteiger partial charge in [-0.15, -0.1) is 0 Å². The minimum absolute atomic E-state index is 0.00331. The van der Waals surface area contributed by atoms with Crippen LogP contribution in [0.15, 0.2) is 0 Å². The molecule has 0 aliphatic carbocycles. The van der Waals surface area contributed by atoms with Crippen molar-refractivity contribution in [3.63, 3.8) is 0 Å². The molecule has 2 atom stereocenters. The number of ketones is 1. The van der Waals surface area contributed by atoms with Crippen molar-refractivity contribution >= 4 is 5.78 Å². The Labute approximate surface area is 84.6 Å². The van der Waals surface area contributed by atoms with E-state index in [-0.39, 0.29) is 25.2 Å². The number of carbonyl (C=O) groups is 1.